The molecule has 1 atom stereocenters. The van der Waals surface area contributed by atoms with Crippen LogP contribution in [0.1, 0.15) is 24.8 Å². The Morgan fingerprint density at radius 1 is 0.964 bits per heavy atom. The lowest BCUT2D eigenvalue weighted by Gasteiger charge is -2.15. The molecular weight excluding hydrogens is 354 g/mol. The molecule has 3 aromatic carbocycles. The summed E-state index contributed by atoms with van der Waals surface area (Å²) in [4.78, 5) is 12.8. The fourth-order valence-electron chi connectivity index (χ4n) is 3.28. The molecule has 1 amide bonds. The maximum atomic E-state index is 12.8. The van der Waals surface area contributed by atoms with Crippen LogP contribution in [0.4, 0.5) is 5.69 Å². The molecule has 4 rings (SSSR count). The largest absolute Gasteiger partial charge is 0.497 e. The first-order valence-corrected chi connectivity index (χ1v) is 9.42. The number of fused-ring (bicyclic) bond motifs is 2. The number of hydrogen-bond donors (Lipinski definition) is 1. The van der Waals surface area contributed by atoms with Gasteiger partial charge in [0.05, 0.1) is 26.2 Å². The van der Waals surface area contributed by atoms with Gasteiger partial charge in [0.25, 0.3) is 0 Å². The Morgan fingerprint density at radius 3 is 2.54 bits per heavy atom. The molecule has 0 spiro atoms. The van der Waals surface area contributed by atoms with Crippen LogP contribution < -0.4 is 19.5 Å². The zero-order chi connectivity index (χ0) is 19.5. The molecule has 0 aromatic heterocycles. The highest BCUT2D eigenvalue weighted by molar-refractivity contribution is 5.96. The first kappa shape index (κ1) is 18.2. The zero-order valence-corrected chi connectivity index (χ0v) is 16.0. The van der Waals surface area contributed by atoms with E-state index in [1.165, 1.54) is 0 Å². The van der Waals surface area contributed by atoms with Gasteiger partial charge in [-0.2, -0.15) is 0 Å². The van der Waals surface area contributed by atoms with Crippen LogP contribution in [0, 0.1) is 0 Å². The van der Waals surface area contributed by atoms with Crippen molar-refractivity contribution in [3.63, 3.8) is 0 Å². The number of carbonyl (C=O) groups excluding carboxylic acids is 1. The van der Waals surface area contributed by atoms with Crippen molar-refractivity contribution < 1.29 is 19.0 Å². The Kier molecular flexibility index (Phi) is 5.06. The van der Waals surface area contributed by atoms with Gasteiger partial charge >= 0.3 is 0 Å². The highest BCUT2D eigenvalue weighted by Gasteiger charge is 2.17. The van der Waals surface area contributed by atoms with Crippen LogP contribution in [-0.4, -0.2) is 26.2 Å². The minimum atomic E-state index is -0.289. The number of anilines is 1. The van der Waals surface area contributed by atoms with Crippen LogP contribution in [0.15, 0.2) is 54.6 Å². The Bertz CT molecular complexity index is 1010. The SMILES string of the molecule is COc1ccc2cc(C(C)C(=O)Nc3ccc4c(c3)OCCCO4)ccc2c1. The van der Waals surface area contributed by atoms with Crippen LogP contribution in [0.3, 0.4) is 0 Å². The van der Waals surface area contributed by atoms with Crippen molar-refractivity contribution in [1.29, 1.82) is 0 Å². The van der Waals surface area contributed by atoms with Gasteiger partial charge in [-0.1, -0.05) is 24.3 Å². The van der Waals surface area contributed by atoms with E-state index in [1.807, 2.05) is 61.5 Å². The monoisotopic (exact) mass is 377 g/mol. The standard InChI is InChI=1S/C23H23NO4/c1-15(16-4-5-18-13-20(26-2)8-6-17(18)12-16)23(25)24-19-7-9-21-22(14-19)28-11-3-10-27-21/h4-9,12-15H,3,10-11H2,1-2H3,(H,24,25). The molecular formula is C23H23NO4. The molecule has 1 unspecified atom stereocenters. The fraction of sp³-hybridized carbons (Fsp3) is 0.261. The normalized spacial score (nSPS) is 14.2. The Balaban J connectivity index is 1.51. The molecule has 0 radical (unpaired) electrons. The molecule has 0 saturated heterocycles. The van der Waals surface area contributed by atoms with Gasteiger partial charge in [0.2, 0.25) is 5.91 Å². The summed E-state index contributed by atoms with van der Waals surface area (Å²) in [5, 5.41) is 5.14. The van der Waals surface area contributed by atoms with Crippen molar-refractivity contribution in [2.45, 2.75) is 19.3 Å². The summed E-state index contributed by atoms with van der Waals surface area (Å²) in [5.74, 6) is 1.85. The Labute approximate surface area is 164 Å². The molecule has 0 bridgehead atoms. The van der Waals surface area contributed by atoms with Gasteiger partial charge in [-0.3, -0.25) is 4.79 Å². The second kappa shape index (κ2) is 7.80. The molecule has 1 heterocycles. The van der Waals surface area contributed by atoms with E-state index >= 15 is 0 Å². The number of methoxy groups -OCH3 is 1. The molecule has 28 heavy (non-hydrogen) atoms. The maximum Gasteiger partial charge on any atom is 0.231 e. The molecule has 1 aliphatic rings. The number of hydrogen-bond acceptors (Lipinski definition) is 4. The lowest BCUT2D eigenvalue weighted by Crippen LogP contribution is -2.18. The molecule has 5 nitrogen and oxygen atoms in total. The highest BCUT2D eigenvalue weighted by Crippen LogP contribution is 2.33. The Hall–Kier alpha value is -3.21. The predicted molar refractivity (Wildman–Crippen MR) is 110 cm³/mol. The highest BCUT2D eigenvalue weighted by atomic mass is 16.5. The van der Waals surface area contributed by atoms with E-state index in [-0.39, 0.29) is 11.8 Å². The van der Waals surface area contributed by atoms with Gasteiger partial charge < -0.3 is 19.5 Å². The summed E-state index contributed by atoms with van der Waals surface area (Å²) in [5.41, 5.74) is 1.66. The van der Waals surface area contributed by atoms with Crippen molar-refractivity contribution in [2.24, 2.45) is 0 Å². The van der Waals surface area contributed by atoms with Crippen LogP contribution >= 0.6 is 0 Å². The van der Waals surface area contributed by atoms with E-state index in [4.69, 9.17) is 14.2 Å². The lowest BCUT2D eigenvalue weighted by molar-refractivity contribution is -0.117. The summed E-state index contributed by atoms with van der Waals surface area (Å²) in [6, 6.07) is 17.5. The van der Waals surface area contributed by atoms with Crippen LogP contribution in [0.25, 0.3) is 10.8 Å². The van der Waals surface area contributed by atoms with Crippen LogP contribution in [0.5, 0.6) is 17.2 Å². The molecule has 0 aliphatic carbocycles. The topological polar surface area (TPSA) is 56.8 Å². The second-order valence-corrected chi connectivity index (χ2v) is 6.90. The first-order chi connectivity index (χ1) is 13.6. The molecule has 1 aliphatic heterocycles. The second-order valence-electron chi connectivity index (χ2n) is 6.90. The number of amides is 1. The molecule has 144 valence electrons. The van der Waals surface area contributed by atoms with Crippen LogP contribution in [-0.2, 0) is 4.79 Å². The number of ether oxygens (including phenoxy) is 3. The fourth-order valence-corrected chi connectivity index (χ4v) is 3.28. The van der Waals surface area contributed by atoms with E-state index in [0.717, 1.165) is 28.5 Å². The smallest absolute Gasteiger partial charge is 0.231 e. The average molecular weight is 377 g/mol. The van der Waals surface area contributed by atoms with Crippen molar-refractivity contribution in [3.05, 3.63) is 60.2 Å². The third kappa shape index (κ3) is 3.74. The van der Waals surface area contributed by atoms with E-state index in [1.54, 1.807) is 7.11 Å². The number of rotatable bonds is 4. The van der Waals surface area contributed by atoms with E-state index in [9.17, 15) is 4.79 Å². The van der Waals surface area contributed by atoms with Crippen LogP contribution in [0.2, 0.25) is 0 Å². The van der Waals surface area contributed by atoms with Crippen molar-refractivity contribution in [3.8, 4) is 17.2 Å². The van der Waals surface area contributed by atoms with Gasteiger partial charge in [-0.05, 0) is 47.5 Å². The molecule has 3 aromatic rings. The Morgan fingerprint density at radius 2 is 1.71 bits per heavy atom. The van der Waals surface area contributed by atoms with Crippen molar-refractivity contribution in [2.75, 3.05) is 25.6 Å². The average Bonchev–Trinajstić information content (AvgIpc) is 2.97. The zero-order valence-electron chi connectivity index (χ0n) is 16.0. The van der Waals surface area contributed by atoms with E-state index in [2.05, 4.69) is 5.32 Å². The summed E-state index contributed by atoms with van der Waals surface area (Å²) in [6.07, 6.45) is 0.848. The molecule has 1 N–H and O–H groups in total. The summed E-state index contributed by atoms with van der Waals surface area (Å²) in [6.45, 7) is 3.16. The molecule has 0 saturated carbocycles. The van der Waals surface area contributed by atoms with Gasteiger partial charge in [-0.15, -0.1) is 0 Å². The van der Waals surface area contributed by atoms with Gasteiger partial charge in [0, 0.05) is 18.2 Å². The third-order valence-corrected chi connectivity index (χ3v) is 4.98. The van der Waals surface area contributed by atoms with Crippen molar-refractivity contribution in [1.82, 2.24) is 0 Å². The molecule has 0 fully saturated rings. The minimum Gasteiger partial charge on any atom is -0.497 e. The summed E-state index contributed by atoms with van der Waals surface area (Å²) >= 11 is 0. The summed E-state index contributed by atoms with van der Waals surface area (Å²) < 4.78 is 16.6. The van der Waals surface area contributed by atoms with Gasteiger partial charge in [0.15, 0.2) is 11.5 Å². The summed E-state index contributed by atoms with van der Waals surface area (Å²) in [7, 11) is 1.65. The quantitative estimate of drug-likeness (QED) is 0.713. The number of benzene rings is 3. The minimum absolute atomic E-state index is 0.0673. The van der Waals surface area contributed by atoms with Gasteiger partial charge in [-0.25, -0.2) is 0 Å². The first-order valence-electron chi connectivity index (χ1n) is 9.42. The number of nitrogens with one attached hydrogen (secondary N) is 1. The third-order valence-electron chi connectivity index (χ3n) is 4.98. The molecule has 5 heteroatoms. The maximum absolute atomic E-state index is 12.8. The van der Waals surface area contributed by atoms with E-state index < -0.39 is 0 Å². The van der Waals surface area contributed by atoms with Gasteiger partial charge in [0.1, 0.15) is 5.75 Å². The number of carbonyl (C=O) groups is 1. The predicted octanol–water partition coefficient (Wildman–Crippen LogP) is 4.75. The van der Waals surface area contributed by atoms with E-state index in [0.29, 0.717) is 30.4 Å². The lowest BCUT2D eigenvalue weighted by atomic mass is 9.97. The van der Waals surface area contributed by atoms with Crippen molar-refractivity contribution >= 4 is 22.4 Å².